The molecule has 170 valence electrons. The fraction of sp³-hybridized carbons (Fsp3) is 0.440. The van der Waals surface area contributed by atoms with E-state index in [2.05, 4.69) is 15.1 Å². The Bertz CT molecular complexity index is 1100. The molecule has 32 heavy (non-hydrogen) atoms. The lowest BCUT2D eigenvalue weighted by molar-refractivity contribution is 0.387. The van der Waals surface area contributed by atoms with Crippen molar-refractivity contribution < 1.29 is 9.13 Å². The van der Waals surface area contributed by atoms with Crippen LogP contribution in [-0.4, -0.2) is 49.8 Å². The standard InChI is InChI=1S/C23H26FN5O.C2H6/c1-15-26-19-14-29(10-7-18(19)23(27-15)28-11-8-25-9-12-28)22-17-6-4-3-5-16(17)13-20(30-2)21(22)24;1-2/h3-6,13,25H,7-12,14H2,1-2H3;1-2H3. The predicted octanol–water partition coefficient (Wildman–Crippen LogP) is 4.08. The first kappa shape index (κ1) is 22.3. The normalized spacial score (nSPS) is 15.8. The SMILES string of the molecule is CC.COc1cc2ccccc2c(N2CCc3c(nc(C)nc3N3CCNCC3)C2)c1F. The van der Waals surface area contributed by atoms with Crippen LogP contribution in [-0.2, 0) is 13.0 Å². The third-order valence-electron chi connectivity index (χ3n) is 6.03. The zero-order valence-corrected chi connectivity index (χ0v) is 19.4. The molecule has 0 saturated carbocycles. The summed E-state index contributed by atoms with van der Waals surface area (Å²) in [5.74, 6) is 1.78. The molecule has 1 saturated heterocycles. The van der Waals surface area contributed by atoms with Gasteiger partial charge in [0.25, 0.3) is 0 Å². The minimum atomic E-state index is -0.312. The number of nitrogens with one attached hydrogen (secondary N) is 1. The molecule has 0 radical (unpaired) electrons. The van der Waals surface area contributed by atoms with Crippen LogP contribution in [0.5, 0.6) is 5.75 Å². The molecule has 2 aliphatic rings. The number of ether oxygens (including phenoxy) is 1. The number of halogens is 1. The summed E-state index contributed by atoms with van der Waals surface area (Å²) in [7, 11) is 1.51. The van der Waals surface area contributed by atoms with Crippen molar-refractivity contribution in [3.05, 3.63) is 53.2 Å². The Labute approximate surface area is 189 Å². The smallest absolute Gasteiger partial charge is 0.188 e. The van der Waals surface area contributed by atoms with Gasteiger partial charge in [-0.2, -0.15) is 0 Å². The molecule has 2 aromatic carbocycles. The highest BCUT2D eigenvalue weighted by Gasteiger charge is 2.28. The largest absolute Gasteiger partial charge is 0.494 e. The van der Waals surface area contributed by atoms with Crippen molar-refractivity contribution in [2.24, 2.45) is 0 Å². The van der Waals surface area contributed by atoms with Crippen molar-refractivity contribution in [3.8, 4) is 5.75 Å². The van der Waals surface area contributed by atoms with E-state index in [1.54, 1.807) is 6.07 Å². The van der Waals surface area contributed by atoms with Crippen molar-refractivity contribution in [1.29, 1.82) is 0 Å². The van der Waals surface area contributed by atoms with Gasteiger partial charge in [-0.25, -0.2) is 14.4 Å². The predicted molar refractivity (Wildman–Crippen MR) is 128 cm³/mol. The first-order valence-corrected chi connectivity index (χ1v) is 11.5. The Morgan fingerprint density at radius 2 is 1.78 bits per heavy atom. The lowest BCUT2D eigenvalue weighted by atomic mass is 10.0. The summed E-state index contributed by atoms with van der Waals surface area (Å²) >= 11 is 0. The van der Waals surface area contributed by atoms with Crippen LogP contribution < -0.4 is 19.9 Å². The topological polar surface area (TPSA) is 53.5 Å². The van der Waals surface area contributed by atoms with E-state index in [4.69, 9.17) is 14.7 Å². The van der Waals surface area contributed by atoms with Gasteiger partial charge in [0.05, 0.1) is 25.0 Å². The Morgan fingerprint density at radius 1 is 1.03 bits per heavy atom. The minimum Gasteiger partial charge on any atom is -0.494 e. The van der Waals surface area contributed by atoms with Gasteiger partial charge in [0, 0.05) is 43.7 Å². The van der Waals surface area contributed by atoms with E-state index in [1.165, 1.54) is 12.7 Å². The molecule has 0 unspecified atom stereocenters. The number of rotatable bonds is 3. The molecule has 3 heterocycles. The van der Waals surface area contributed by atoms with Gasteiger partial charge in [-0.3, -0.25) is 0 Å². The Kier molecular flexibility index (Phi) is 6.74. The number of anilines is 2. The van der Waals surface area contributed by atoms with Crippen LogP contribution in [0.3, 0.4) is 0 Å². The maximum Gasteiger partial charge on any atom is 0.188 e. The number of piperazine rings is 1. The summed E-state index contributed by atoms with van der Waals surface area (Å²) in [6.45, 7) is 11.0. The van der Waals surface area contributed by atoms with Gasteiger partial charge in [0.15, 0.2) is 11.6 Å². The van der Waals surface area contributed by atoms with Gasteiger partial charge in [0.1, 0.15) is 11.6 Å². The van der Waals surface area contributed by atoms with Crippen molar-refractivity contribution in [1.82, 2.24) is 15.3 Å². The molecular weight excluding hydrogens is 405 g/mol. The van der Waals surface area contributed by atoms with Gasteiger partial charge in [-0.1, -0.05) is 38.1 Å². The molecular formula is C25H32FN5O. The van der Waals surface area contributed by atoms with E-state index < -0.39 is 0 Å². The Morgan fingerprint density at radius 3 is 2.53 bits per heavy atom. The summed E-state index contributed by atoms with van der Waals surface area (Å²) in [5, 5.41) is 5.26. The monoisotopic (exact) mass is 437 g/mol. The second kappa shape index (κ2) is 9.69. The van der Waals surface area contributed by atoms with E-state index in [1.807, 2.05) is 45.0 Å². The molecule has 6 nitrogen and oxygen atoms in total. The molecule has 7 heteroatoms. The zero-order chi connectivity index (χ0) is 22.7. The number of nitrogens with zero attached hydrogens (tertiary/aromatic N) is 4. The fourth-order valence-corrected chi connectivity index (χ4v) is 4.60. The number of methoxy groups -OCH3 is 1. The molecule has 0 amide bonds. The summed E-state index contributed by atoms with van der Waals surface area (Å²) in [6, 6.07) is 9.64. The summed E-state index contributed by atoms with van der Waals surface area (Å²) < 4.78 is 20.7. The molecule has 3 aromatic rings. The highest BCUT2D eigenvalue weighted by atomic mass is 19.1. The highest BCUT2D eigenvalue weighted by molar-refractivity contribution is 5.96. The fourth-order valence-electron chi connectivity index (χ4n) is 4.60. The maximum absolute atomic E-state index is 15.4. The van der Waals surface area contributed by atoms with Crippen LogP contribution in [0, 0.1) is 12.7 Å². The zero-order valence-electron chi connectivity index (χ0n) is 19.4. The van der Waals surface area contributed by atoms with E-state index >= 15 is 4.39 Å². The third-order valence-corrected chi connectivity index (χ3v) is 6.03. The van der Waals surface area contributed by atoms with Gasteiger partial charge < -0.3 is 19.9 Å². The number of benzene rings is 2. The second-order valence-electron chi connectivity index (χ2n) is 7.89. The number of hydrogen-bond donors (Lipinski definition) is 1. The molecule has 2 aliphatic heterocycles. The average molecular weight is 438 g/mol. The lowest BCUT2D eigenvalue weighted by Crippen LogP contribution is -2.45. The van der Waals surface area contributed by atoms with Crippen LogP contribution in [0.4, 0.5) is 15.9 Å². The third kappa shape index (κ3) is 4.09. The molecule has 5 rings (SSSR count). The molecule has 1 fully saturated rings. The van der Waals surface area contributed by atoms with Crippen LogP contribution in [0.15, 0.2) is 30.3 Å². The van der Waals surface area contributed by atoms with Crippen LogP contribution in [0.25, 0.3) is 10.8 Å². The van der Waals surface area contributed by atoms with Gasteiger partial charge in [-0.15, -0.1) is 0 Å². The number of aryl methyl sites for hydroxylation is 1. The molecule has 0 aliphatic carbocycles. The molecule has 0 spiro atoms. The van der Waals surface area contributed by atoms with Crippen molar-refractivity contribution in [2.45, 2.75) is 33.7 Å². The Balaban J connectivity index is 0.00000119. The van der Waals surface area contributed by atoms with E-state index in [0.29, 0.717) is 18.8 Å². The lowest BCUT2D eigenvalue weighted by Gasteiger charge is -2.35. The van der Waals surface area contributed by atoms with Crippen LogP contribution >= 0.6 is 0 Å². The minimum absolute atomic E-state index is 0.273. The first-order chi connectivity index (χ1) is 15.7. The average Bonchev–Trinajstić information content (AvgIpc) is 2.84. The maximum atomic E-state index is 15.4. The van der Waals surface area contributed by atoms with Gasteiger partial charge in [0.2, 0.25) is 0 Å². The van der Waals surface area contributed by atoms with Crippen molar-refractivity contribution >= 4 is 22.3 Å². The van der Waals surface area contributed by atoms with Crippen molar-refractivity contribution in [2.75, 3.05) is 49.6 Å². The van der Waals surface area contributed by atoms with Crippen molar-refractivity contribution in [3.63, 3.8) is 0 Å². The Hall–Kier alpha value is -2.93. The summed E-state index contributed by atoms with van der Waals surface area (Å²) in [4.78, 5) is 14.0. The second-order valence-corrected chi connectivity index (χ2v) is 7.89. The highest BCUT2D eigenvalue weighted by Crippen LogP contribution is 2.39. The number of aromatic nitrogens is 2. The quantitative estimate of drug-likeness (QED) is 0.666. The van der Waals surface area contributed by atoms with Crippen LogP contribution in [0.2, 0.25) is 0 Å². The summed E-state index contributed by atoms with van der Waals surface area (Å²) in [6.07, 6.45) is 0.792. The van der Waals surface area contributed by atoms with E-state index in [9.17, 15) is 0 Å². The molecule has 1 aromatic heterocycles. The number of hydrogen-bond acceptors (Lipinski definition) is 6. The van der Waals surface area contributed by atoms with E-state index in [-0.39, 0.29) is 11.6 Å². The molecule has 1 N–H and O–H groups in total. The molecule has 0 atom stereocenters. The van der Waals surface area contributed by atoms with E-state index in [0.717, 1.165) is 60.7 Å². The van der Waals surface area contributed by atoms with Gasteiger partial charge in [-0.05, 0) is 24.8 Å². The molecule has 0 bridgehead atoms. The van der Waals surface area contributed by atoms with Crippen LogP contribution in [0.1, 0.15) is 30.9 Å². The van der Waals surface area contributed by atoms with Gasteiger partial charge >= 0.3 is 0 Å². The summed E-state index contributed by atoms with van der Waals surface area (Å²) in [5.41, 5.74) is 2.79. The first-order valence-electron chi connectivity index (χ1n) is 11.5. The number of fused-ring (bicyclic) bond motifs is 2.